The van der Waals surface area contributed by atoms with Crippen molar-refractivity contribution in [1.29, 1.82) is 0 Å². The molecule has 20 heavy (non-hydrogen) atoms. The number of rotatable bonds is 4. The van der Waals surface area contributed by atoms with Crippen LogP contribution in [0.2, 0.25) is 0 Å². The van der Waals surface area contributed by atoms with E-state index in [1.807, 2.05) is 0 Å². The first-order valence-corrected chi connectivity index (χ1v) is 7.57. The Hall–Kier alpha value is -2.34. The monoisotopic (exact) mass is 292 g/mol. The molecule has 0 saturated heterocycles. The Morgan fingerprint density at radius 1 is 1.10 bits per heavy atom. The van der Waals surface area contributed by atoms with E-state index in [0.29, 0.717) is 5.75 Å². The van der Waals surface area contributed by atoms with Crippen molar-refractivity contribution in [2.45, 2.75) is 4.90 Å². The molecule has 0 saturated carbocycles. The van der Waals surface area contributed by atoms with Crippen molar-refractivity contribution in [3.05, 3.63) is 54.1 Å². The lowest BCUT2D eigenvalue weighted by atomic mass is 10.2. The second-order valence-corrected chi connectivity index (χ2v) is 6.17. The molecule has 0 unspecified atom stereocenters. The van der Waals surface area contributed by atoms with E-state index in [1.54, 1.807) is 30.3 Å². The van der Waals surface area contributed by atoms with Gasteiger partial charge >= 0.3 is 5.97 Å². The van der Waals surface area contributed by atoms with Crippen LogP contribution in [0.15, 0.2) is 53.4 Å². The molecule has 2 rings (SSSR count). The topological polar surface area (TPSA) is 80.7 Å². The van der Waals surface area contributed by atoms with Crippen LogP contribution in [0.1, 0.15) is 10.4 Å². The fourth-order valence-electron chi connectivity index (χ4n) is 1.61. The maximum Gasteiger partial charge on any atom is 0.339 e. The number of carboxylic acids is 1. The SMILES string of the molecule is CS(=O)(=O)c1ccc(C(=O)O)c(Oc2ccccc2)c1. The van der Waals surface area contributed by atoms with Crippen LogP contribution in [0, 0.1) is 0 Å². The summed E-state index contributed by atoms with van der Waals surface area (Å²) in [6.07, 6.45) is 1.05. The molecule has 1 N–H and O–H groups in total. The van der Waals surface area contributed by atoms with Crippen LogP contribution >= 0.6 is 0 Å². The normalized spacial score (nSPS) is 11.1. The number of ether oxygens (including phenoxy) is 1. The van der Waals surface area contributed by atoms with E-state index >= 15 is 0 Å². The molecule has 0 radical (unpaired) electrons. The standard InChI is InChI=1S/C14H12O5S/c1-20(17,18)11-7-8-12(14(15)16)13(9-11)19-10-5-3-2-4-6-10/h2-9H,1H3,(H,15,16). The van der Waals surface area contributed by atoms with Gasteiger partial charge in [0.2, 0.25) is 0 Å². The highest BCUT2D eigenvalue weighted by Gasteiger charge is 2.16. The molecule has 6 heteroatoms. The second kappa shape index (κ2) is 5.34. The summed E-state index contributed by atoms with van der Waals surface area (Å²) < 4.78 is 28.5. The molecule has 0 amide bonds. The van der Waals surface area contributed by atoms with Crippen LogP contribution in [0.3, 0.4) is 0 Å². The van der Waals surface area contributed by atoms with Gasteiger partial charge in [-0.15, -0.1) is 0 Å². The molecule has 0 atom stereocenters. The van der Waals surface area contributed by atoms with Crippen LogP contribution in [-0.4, -0.2) is 25.7 Å². The lowest BCUT2D eigenvalue weighted by Gasteiger charge is -2.10. The number of hydrogen-bond donors (Lipinski definition) is 1. The Bertz CT molecular complexity index is 735. The Kier molecular flexibility index (Phi) is 3.76. The molecule has 0 fully saturated rings. The zero-order valence-electron chi connectivity index (χ0n) is 10.6. The minimum Gasteiger partial charge on any atom is -0.478 e. The molecule has 0 bridgehead atoms. The molecule has 0 spiro atoms. The summed E-state index contributed by atoms with van der Waals surface area (Å²) in [5.74, 6) is -0.761. The van der Waals surface area contributed by atoms with Gasteiger partial charge < -0.3 is 9.84 Å². The maximum absolute atomic E-state index is 11.5. The first-order chi connectivity index (χ1) is 9.38. The molecule has 5 nitrogen and oxygen atoms in total. The zero-order valence-corrected chi connectivity index (χ0v) is 11.4. The largest absolute Gasteiger partial charge is 0.478 e. The zero-order chi connectivity index (χ0) is 14.8. The average molecular weight is 292 g/mol. The van der Waals surface area contributed by atoms with Crippen molar-refractivity contribution in [2.24, 2.45) is 0 Å². The third kappa shape index (κ3) is 3.16. The summed E-state index contributed by atoms with van der Waals surface area (Å²) in [6, 6.07) is 12.2. The van der Waals surface area contributed by atoms with Gasteiger partial charge in [0, 0.05) is 12.3 Å². The van der Waals surface area contributed by atoms with Gasteiger partial charge in [0.05, 0.1) is 4.90 Å². The Balaban J connectivity index is 2.50. The van der Waals surface area contributed by atoms with Crippen LogP contribution in [0.4, 0.5) is 0 Å². The fraction of sp³-hybridized carbons (Fsp3) is 0.0714. The van der Waals surface area contributed by atoms with Crippen LogP contribution in [0.25, 0.3) is 0 Å². The number of carboxylic acid groups (broad SMARTS) is 1. The highest BCUT2D eigenvalue weighted by atomic mass is 32.2. The Labute approximate surface area is 116 Å². The molecule has 0 aliphatic heterocycles. The van der Waals surface area contributed by atoms with Crippen molar-refractivity contribution in [3.63, 3.8) is 0 Å². The molecule has 0 aliphatic rings. The highest BCUT2D eigenvalue weighted by Crippen LogP contribution is 2.28. The summed E-state index contributed by atoms with van der Waals surface area (Å²) in [6.45, 7) is 0. The predicted octanol–water partition coefficient (Wildman–Crippen LogP) is 2.58. The van der Waals surface area contributed by atoms with Crippen molar-refractivity contribution in [2.75, 3.05) is 6.26 Å². The maximum atomic E-state index is 11.5. The number of sulfone groups is 1. The Morgan fingerprint density at radius 2 is 1.75 bits per heavy atom. The van der Waals surface area contributed by atoms with E-state index in [2.05, 4.69) is 0 Å². The minimum atomic E-state index is -3.43. The summed E-state index contributed by atoms with van der Waals surface area (Å²) in [5, 5.41) is 9.11. The fourth-order valence-corrected chi connectivity index (χ4v) is 2.25. The van der Waals surface area contributed by atoms with Gasteiger partial charge in [-0.25, -0.2) is 13.2 Å². The van der Waals surface area contributed by atoms with E-state index in [1.165, 1.54) is 18.2 Å². The highest BCUT2D eigenvalue weighted by molar-refractivity contribution is 7.90. The van der Waals surface area contributed by atoms with Crippen molar-refractivity contribution in [3.8, 4) is 11.5 Å². The third-order valence-corrected chi connectivity index (χ3v) is 3.69. The lowest BCUT2D eigenvalue weighted by Crippen LogP contribution is -2.03. The molecule has 2 aromatic carbocycles. The summed E-state index contributed by atoms with van der Waals surface area (Å²) in [5.41, 5.74) is -0.0961. The molecule has 2 aromatic rings. The summed E-state index contributed by atoms with van der Waals surface area (Å²) in [7, 11) is -3.43. The first-order valence-electron chi connectivity index (χ1n) is 5.68. The van der Waals surface area contributed by atoms with E-state index in [4.69, 9.17) is 9.84 Å². The van der Waals surface area contributed by atoms with E-state index < -0.39 is 15.8 Å². The minimum absolute atomic E-state index is 0.00775. The first kappa shape index (κ1) is 14.1. The van der Waals surface area contributed by atoms with Gasteiger partial charge in [-0.2, -0.15) is 0 Å². The second-order valence-electron chi connectivity index (χ2n) is 4.15. The molecule has 0 aliphatic carbocycles. The molecular weight excluding hydrogens is 280 g/mol. The van der Waals surface area contributed by atoms with Gasteiger partial charge in [0.15, 0.2) is 9.84 Å². The third-order valence-electron chi connectivity index (χ3n) is 2.58. The molecule has 0 aromatic heterocycles. The summed E-state index contributed by atoms with van der Waals surface area (Å²) in [4.78, 5) is 11.2. The van der Waals surface area contributed by atoms with Gasteiger partial charge in [0.1, 0.15) is 17.1 Å². The van der Waals surface area contributed by atoms with Gasteiger partial charge in [-0.3, -0.25) is 0 Å². The van der Waals surface area contributed by atoms with Crippen molar-refractivity contribution in [1.82, 2.24) is 0 Å². The Morgan fingerprint density at radius 3 is 2.30 bits per heavy atom. The number of aromatic carboxylic acids is 1. The number of hydrogen-bond acceptors (Lipinski definition) is 4. The van der Waals surface area contributed by atoms with Crippen molar-refractivity contribution < 1.29 is 23.1 Å². The van der Waals surface area contributed by atoms with Gasteiger partial charge in [-0.1, -0.05) is 18.2 Å². The van der Waals surface area contributed by atoms with Gasteiger partial charge in [-0.05, 0) is 24.3 Å². The van der Waals surface area contributed by atoms with Crippen LogP contribution in [-0.2, 0) is 9.84 Å². The number of carbonyl (C=O) groups is 1. The molecular formula is C14H12O5S. The van der Waals surface area contributed by atoms with Crippen molar-refractivity contribution >= 4 is 15.8 Å². The van der Waals surface area contributed by atoms with Crippen LogP contribution in [0.5, 0.6) is 11.5 Å². The lowest BCUT2D eigenvalue weighted by molar-refractivity contribution is 0.0694. The van der Waals surface area contributed by atoms with E-state index in [-0.39, 0.29) is 16.2 Å². The number of benzene rings is 2. The van der Waals surface area contributed by atoms with Gasteiger partial charge in [0.25, 0.3) is 0 Å². The molecule has 104 valence electrons. The average Bonchev–Trinajstić information content (AvgIpc) is 2.38. The quantitative estimate of drug-likeness (QED) is 0.936. The van der Waals surface area contributed by atoms with E-state index in [0.717, 1.165) is 6.26 Å². The van der Waals surface area contributed by atoms with Crippen LogP contribution < -0.4 is 4.74 Å². The van der Waals surface area contributed by atoms with E-state index in [9.17, 15) is 13.2 Å². The molecule has 0 heterocycles. The number of para-hydroxylation sites is 1. The smallest absolute Gasteiger partial charge is 0.339 e. The predicted molar refractivity (Wildman–Crippen MR) is 73.0 cm³/mol. The summed E-state index contributed by atoms with van der Waals surface area (Å²) >= 11 is 0.